The van der Waals surface area contributed by atoms with Crippen LogP contribution in [-0.4, -0.2) is 41.3 Å². The molecule has 1 aliphatic heterocycles. The number of likely N-dealkylation sites (tertiary alicyclic amines) is 1. The molecule has 0 saturated carbocycles. The molecule has 2 atom stereocenters. The van der Waals surface area contributed by atoms with Crippen LogP contribution < -0.4 is 0 Å². The summed E-state index contributed by atoms with van der Waals surface area (Å²) in [7, 11) is 0. The highest BCUT2D eigenvalue weighted by atomic mass is 19.1. The van der Waals surface area contributed by atoms with Gasteiger partial charge in [-0.1, -0.05) is 34.6 Å². The predicted octanol–water partition coefficient (Wildman–Crippen LogP) is 1.60. The highest BCUT2D eigenvalue weighted by molar-refractivity contribution is 5.82. The van der Waals surface area contributed by atoms with Crippen LogP contribution in [-0.2, 0) is 4.79 Å². The molecule has 1 aliphatic rings. The number of rotatable bonds is 1. The van der Waals surface area contributed by atoms with Crippen molar-refractivity contribution in [3.05, 3.63) is 0 Å². The summed E-state index contributed by atoms with van der Waals surface area (Å²) in [5, 5.41) is 9.34. The van der Waals surface area contributed by atoms with E-state index in [2.05, 4.69) is 0 Å². The lowest BCUT2D eigenvalue weighted by Crippen LogP contribution is -2.47. The van der Waals surface area contributed by atoms with Crippen molar-refractivity contribution in [2.45, 2.75) is 46.8 Å². The van der Waals surface area contributed by atoms with Gasteiger partial charge in [-0.3, -0.25) is 4.79 Å². The van der Waals surface area contributed by atoms with E-state index in [0.717, 1.165) is 0 Å². The second kappa shape index (κ2) is 3.99. The highest BCUT2D eigenvalue weighted by Gasteiger charge is 2.51. The first-order valence-electron chi connectivity index (χ1n) is 5.68. The van der Waals surface area contributed by atoms with Crippen LogP contribution in [0.5, 0.6) is 0 Å². The molecule has 0 aromatic heterocycles. The first-order valence-corrected chi connectivity index (χ1v) is 5.68. The van der Waals surface area contributed by atoms with Crippen molar-refractivity contribution in [3.63, 3.8) is 0 Å². The Hall–Kier alpha value is -0.640. The number of carbonyl (C=O) groups is 1. The van der Waals surface area contributed by atoms with Gasteiger partial charge in [0.1, 0.15) is 6.17 Å². The van der Waals surface area contributed by atoms with E-state index in [1.54, 1.807) is 13.8 Å². The minimum absolute atomic E-state index is 0.0916. The minimum Gasteiger partial charge on any atom is -0.394 e. The van der Waals surface area contributed by atoms with E-state index in [1.807, 2.05) is 20.8 Å². The smallest absolute Gasteiger partial charge is 0.228 e. The third-order valence-corrected chi connectivity index (χ3v) is 3.47. The molecule has 2 unspecified atom stereocenters. The second-order valence-electron chi connectivity index (χ2n) is 6.19. The van der Waals surface area contributed by atoms with E-state index in [-0.39, 0.29) is 19.1 Å². The number of alkyl halides is 1. The summed E-state index contributed by atoms with van der Waals surface area (Å²) >= 11 is 0. The van der Waals surface area contributed by atoms with Crippen molar-refractivity contribution in [1.29, 1.82) is 0 Å². The number of amides is 1. The maximum atomic E-state index is 13.8. The first kappa shape index (κ1) is 13.4. The fraction of sp³-hybridized carbons (Fsp3) is 0.917. The molecule has 3 nitrogen and oxygen atoms in total. The number of aliphatic hydroxyl groups is 1. The number of hydrogen-bond donors (Lipinski definition) is 1. The lowest BCUT2D eigenvalue weighted by molar-refractivity contribution is -0.142. The van der Waals surface area contributed by atoms with Gasteiger partial charge in [0.25, 0.3) is 0 Å². The minimum atomic E-state index is -1.07. The monoisotopic (exact) mass is 231 g/mol. The van der Waals surface area contributed by atoms with Crippen LogP contribution in [0.3, 0.4) is 0 Å². The number of aliphatic hydroxyl groups excluding tert-OH is 1. The first-order chi connectivity index (χ1) is 7.12. The largest absolute Gasteiger partial charge is 0.394 e. The van der Waals surface area contributed by atoms with Crippen LogP contribution in [0.1, 0.15) is 34.6 Å². The standard InChI is InChI=1S/C12H22FNO2/c1-11(2,3)10(16)14-6-8(13)12(4,5)9(14)7-15/h8-9,15H,6-7H2,1-5H3. The summed E-state index contributed by atoms with van der Waals surface area (Å²) in [4.78, 5) is 13.6. The van der Waals surface area contributed by atoms with Gasteiger partial charge in [-0.05, 0) is 0 Å². The van der Waals surface area contributed by atoms with Gasteiger partial charge >= 0.3 is 0 Å². The van der Waals surface area contributed by atoms with Crippen molar-refractivity contribution in [1.82, 2.24) is 4.90 Å². The molecule has 0 aromatic rings. The Morgan fingerprint density at radius 2 is 2.00 bits per heavy atom. The number of nitrogens with zero attached hydrogens (tertiary/aromatic N) is 1. The summed E-state index contributed by atoms with van der Waals surface area (Å²) in [6.07, 6.45) is -1.07. The van der Waals surface area contributed by atoms with Gasteiger partial charge in [-0.25, -0.2) is 4.39 Å². The molecule has 1 rings (SSSR count). The number of halogens is 1. The van der Waals surface area contributed by atoms with Gasteiger partial charge < -0.3 is 10.0 Å². The van der Waals surface area contributed by atoms with Crippen LogP contribution >= 0.6 is 0 Å². The summed E-state index contributed by atoms with van der Waals surface area (Å²) in [6.45, 7) is 8.85. The third kappa shape index (κ3) is 2.08. The Morgan fingerprint density at radius 1 is 1.50 bits per heavy atom. The number of carbonyl (C=O) groups excluding carboxylic acids is 1. The second-order valence-corrected chi connectivity index (χ2v) is 6.19. The number of hydrogen-bond acceptors (Lipinski definition) is 2. The van der Waals surface area contributed by atoms with Gasteiger partial charge in [0.2, 0.25) is 5.91 Å². The maximum Gasteiger partial charge on any atom is 0.228 e. The van der Waals surface area contributed by atoms with E-state index in [1.165, 1.54) is 4.90 Å². The molecule has 16 heavy (non-hydrogen) atoms. The molecule has 4 heteroatoms. The summed E-state index contributed by atoms with van der Waals surface area (Å²) < 4.78 is 13.8. The van der Waals surface area contributed by atoms with E-state index in [4.69, 9.17) is 0 Å². The van der Waals surface area contributed by atoms with Crippen LogP contribution in [0.15, 0.2) is 0 Å². The zero-order chi connectivity index (χ0) is 12.7. The molecular formula is C12H22FNO2. The van der Waals surface area contributed by atoms with E-state index < -0.39 is 23.0 Å². The lowest BCUT2D eigenvalue weighted by atomic mass is 9.83. The van der Waals surface area contributed by atoms with Crippen LogP contribution in [0.25, 0.3) is 0 Å². The van der Waals surface area contributed by atoms with Gasteiger partial charge in [0.15, 0.2) is 0 Å². The molecule has 94 valence electrons. The van der Waals surface area contributed by atoms with E-state index in [0.29, 0.717) is 0 Å². The predicted molar refractivity (Wildman–Crippen MR) is 60.7 cm³/mol. The molecule has 1 heterocycles. The van der Waals surface area contributed by atoms with Crippen LogP contribution in [0, 0.1) is 10.8 Å². The average Bonchev–Trinajstić information content (AvgIpc) is 2.35. The molecule has 1 saturated heterocycles. The van der Waals surface area contributed by atoms with Crippen molar-refractivity contribution in [3.8, 4) is 0 Å². The molecule has 0 radical (unpaired) electrons. The molecule has 1 N–H and O–H groups in total. The fourth-order valence-corrected chi connectivity index (χ4v) is 2.13. The topological polar surface area (TPSA) is 40.5 Å². The molecule has 0 bridgehead atoms. The maximum absolute atomic E-state index is 13.8. The van der Waals surface area contributed by atoms with E-state index in [9.17, 15) is 14.3 Å². The third-order valence-electron chi connectivity index (χ3n) is 3.47. The Morgan fingerprint density at radius 3 is 2.38 bits per heavy atom. The van der Waals surface area contributed by atoms with Crippen molar-refractivity contribution in [2.24, 2.45) is 10.8 Å². The lowest BCUT2D eigenvalue weighted by Gasteiger charge is -2.34. The van der Waals surface area contributed by atoms with Crippen molar-refractivity contribution in [2.75, 3.05) is 13.2 Å². The Bertz CT molecular complexity index is 283. The zero-order valence-electron chi connectivity index (χ0n) is 10.7. The van der Waals surface area contributed by atoms with Gasteiger partial charge in [-0.15, -0.1) is 0 Å². The molecule has 0 spiro atoms. The van der Waals surface area contributed by atoms with E-state index >= 15 is 0 Å². The molecule has 1 amide bonds. The molecular weight excluding hydrogens is 209 g/mol. The van der Waals surface area contributed by atoms with Gasteiger partial charge in [-0.2, -0.15) is 0 Å². The molecule has 0 aromatic carbocycles. The summed E-state index contributed by atoms with van der Waals surface area (Å²) in [5.74, 6) is -0.0974. The Balaban J connectivity index is 2.96. The van der Waals surface area contributed by atoms with Crippen molar-refractivity contribution >= 4 is 5.91 Å². The zero-order valence-corrected chi connectivity index (χ0v) is 10.7. The fourth-order valence-electron chi connectivity index (χ4n) is 2.13. The van der Waals surface area contributed by atoms with Crippen LogP contribution in [0.2, 0.25) is 0 Å². The summed E-state index contributed by atoms with van der Waals surface area (Å²) in [5.41, 5.74) is -1.21. The van der Waals surface area contributed by atoms with Gasteiger partial charge in [0, 0.05) is 10.8 Å². The average molecular weight is 231 g/mol. The van der Waals surface area contributed by atoms with Gasteiger partial charge in [0.05, 0.1) is 19.2 Å². The normalized spacial score (nSPS) is 29.6. The Kier molecular flexibility index (Phi) is 3.34. The SMILES string of the molecule is CC(C)(C)C(=O)N1CC(F)C(C)(C)C1CO. The quantitative estimate of drug-likeness (QED) is 0.744. The highest BCUT2D eigenvalue weighted by Crippen LogP contribution is 2.39. The van der Waals surface area contributed by atoms with Crippen LogP contribution in [0.4, 0.5) is 4.39 Å². The Labute approximate surface area is 96.6 Å². The summed E-state index contributed by atoms with van der Waals surface area (Å²) in [6, 6.07) is -0.422. The molecule has 0 aliphatic carbocycles. The van der Waals surface area contributed by atoms with Crippen molar-refractivity contribution < 1.29 is 14.3 Å². The molecule has 1 fully saturated rings.